The first kappa shape index (κ1) is 15.3. The van der Waals surface area contributed by atoms with Gasteiger partial charge in [0.15, 0.2) is 0 Å². The lowest BCUT2D eigenvalue weighted by molar-refractivity contribution is 0.0696. The summed E-state index contributed by atoms with van der Waals surface area (Å²) in [6, 6.07) is 6.98. The van der Waals surface area contributed by atoms with Crippen LogP contribution in [-0.4, -0.2) is 16.1 Å². The van der Waals surface area contributed by atoms with Gasteiger partial charge in [0.25, 0.3) is 0 Å². The fourth-order valence-electron chi connectivity index (χ4n) is 1.89. The molecule has 2 rings (SSSR count). The number of hydrogen-bond acceptors (Lipinski definition) is 3. The molecule has 1 aromatic heterocycles. The smallest absolute Gasteiger partial charge is 0.335 e. The zero-order valence-electron chi connectivity index (χ0n) is 11.4. The molecule has 21 heavy (non-hydrogen) atoms. The summed E-state index contributed by atoms with van der Waals surface area (Å²) < 4.78 is 13.7. The van der Waals surface area contributed by atoms with Crippen molar-refractivity contribution in [1.82, 2.24) is 4.98 Å². The summed E-state index contributed by atoms with van der Waals surface area (Å²) in [6.45, 7) is 1.97. The van der Waals surface area contributed by atoms with Crippen molar-refractivity contribution in [3.05, 3.63) is 52.4 Å². The molecule has 1 aromatic carbocycles. The molecular formula is C15H14ClFN2O2. The number of halogens is 2. The molecular weight excluding hydrogens is 295 g/mol. The highest BCUT2D eigenvalue weighted by molar-refractivity contribution is 6.30. The number of carboxylic acid groups (broad SMARTS) is 1. The van der Waals surface area contributed by atoms with Gasteiger partial charge in [-0.05, 0) is 36.8 Å². The zero-order chi connectivity index (χ0) is 15.4. The number of rotatable bonds is 5. The van der Waals surface area contributed by atoms with Crippen LogP contribution in [0.5, 0.6) is 0 Å². The Morgan fingerprint density at radius 2 is 2.14 bits per heavy atom. The molecule has 0 radical (unpaired) electrons. The summed E-state index contributed by atoms with van der Waals surface area (Å²) >= 11 is 5.82. The largest absolute Gasteiger partial charge is 0.478 e. The summed E-state index contributed by atoms with van der Waals surface area (Å²) in [5, 5.41) is 12.3. The van der Waals surface area contributed by atoms with Gasteiger partial charge < -0.3 is 10.4 Å². The number of aryl methyl sites for hydroxylation is 1. The minimum Gasteiger partial charge on any atom is -0.478 e. The van der Waals surface area contributed by atoms with Crippen molar-refractivity contribution in [2.45, 2.75) is 19.8 Å². The Kier molecular flexibility index (Phi) is 4.75. The Morgan fingerprint density at radius 1 is 1.38 bits per heavy atom. The Morgan fingerprint density at radius 3 is 2.81 bits per heavy atom. The van der Waals surface area contributed by atoms with Crippen LogP contribution in [0.1, 0.15) is 29.4 Å². The van der Waals surface area contributed by atoms with E-state index in [2.05, 4.69) is 10.3 Å². The molecule has 0 aliphatic rings. The standard InChI is InChI=1S/C15H14ClFN2O2/c1-2-3-11-6-9(15(20)21)7-14(18-11)19-13-8-10(16)4-5-12(13)17/h4-8H,2-3H2,1H3,(H,18,19)(H,20,21). The van der Waals surface area contributed by atoms with Gasteiger partial charge in [0, 0.05) is 10.7 Å². The first-order valence-electron chi connectivity index (χ1n) is 6.46. The molecule has 0 bridgehead atoms. The third-order valence-electron chi connectivity index (χ3n) is 2.82. The van der Waals surface area contributed by atoms with Crippen molar-refractivity contribution >= 4 is 29.1 Å². The van der Waals surface area contributed by atoms with E-state index in [0.29, 0.717) is 17.1 Å². The lowest BCUT2D eigenvalue weighted by Crippen LogP contribution is -2.04. The van der Waals surface area contributed by atoms with Gasteiger partial charge in [0.05, 0.1) is 11.3 Å². The van der Waals surface area contributed by atoms with Crippen molar-refractivity contribution in [2.24, 2.45) is 0 Å². The number of aromatic carboxylic acids is 1. The Balaban J connectivity index is 2.38. The fourth-order valence-corrected chi connectivity index (χ4v) is 2.06. The third kappa shape index (κ3) is 3.92. The summed E-state index contributed by atoms with van der Waals surface area (Å²) in [7, 11) is 0. The molecule has 6 heteroatoms. The number of hydrogen-bond donors (Lipinski definition) is 2. The van der Waals surface area contributed by atoms with Crippen molar-refractivity contribution in [1.29, 1.82) is 0 Å². The molecule has 4 nitrogen and oxygen atoms in total. The van der Waals surface area contributed by atoms with Crippen LogP contribution in [0.4, 0.5) is 15.9 Å². The number of carbonyl (C=O) groups is 1. The number of pyridine rings is 1. The summed E-state index contributed by atoms with van der Waals surface area (Å²) in [5.41, 5.74) is 0.903. The van der Waals surface area contributed by atoms with Crippen LogP contribution in [-0.2, 0) is 6.42 Å². The molecule has 2 N–H and O–H groups in total. The van der Waals surface area contributed by atoms with Crippen LogP contribution in [0.15, 0.2) is 30.3 Å². The number of nitrogens with zero attached hydrogens (tertiary/aromatic N) is 1. The number of aromatic nitrogens is 1. The van der Waals surface area contributed by atoms with Gasteiger partial charge >= 0.3 is 5.97 Å². The van der Waals surface area contributed by atoms with Crippen molar-refractivity contribution in [2.75, 3.05) is 5.32 Å². The predicted molar refractivity (Wildman–Crippen MR) is 79.9 cm³/mol. The first-order valence-corrected chi connectivity index (χ1v) is 6.83. The molecule has 0 amide bonds. The molecule has 110 valence electrons. The van der Waals surface area contributed by atoms with Crippen molar-refractivity contribution < 1.29 is 14.3 Å². The molecule has 0 saturated carbocycles. The van der Waals surface area contributed by atoms with Gasteiger partial charge in [-0.3, -0.25) is 0 Å². The fraction of sp³-hybridized carbons (Fsp3) is 0.200. The van der Waals surface area contributed by atoms with E-state index in [-0.39, 0.29) is 17.1 Å². The van der Waals surface area contributed by atoms with E-state index >= 15 is 0 Å². The van der Waals surface area contributed by atoms with Gasteiger partial charge in [-0.2, -0.15) is 0 Å². The molecule has 0 unspecified atom stereocenters. The zero-order valence-corrected chi connectivity index (χ0v) is 12.1. The van der Waals surface area contributed by atoms with Crippen molar-refractivity contribution in [3.8, 4) is 0 Å². The Bertz CT molecular complexity index is 677. The monoisotopic (exact) mass is 308 g/mol. The van der Waals surface area contributed by atoms with E-state index in [1.54, 1.807) is 0 Å². The third-order valence-corrected chi connectivity index (χ3v) is 3.06. The van der Waals surface area contributed by atoms with Crippen LogP contribution in [0, 0.1) is 5.82 Å². The average Bonchev–Trinajstić information content (AvgIpc) is 2.43. The highest BCUT2D eigenvalue weighted by atomic mass is 35.5. The van der Waals surface area contributed by atoms with Gasteiger partial charge in [0.2, 0.25) is 0 Å². The molecule has 0 aliphatic carbocycles. The highest BCUT2D eigenvalue weighted by Gasteiger charge is 2.10. The maximum Gasteiger partial charge on any atom is 0.335 e. The molecule has 0 fully saturated rings. The molecule has 0 atom stereocenters. The summed E-state index contributed by atoms with van der Waals surface area (Å²) in [4.78, 5) is 15.4. The van der Waals surface area contributed by atoms with E-state index in [9.17, 15) is 9.18 Å². The molecule has 0 saturated heterocycles. The second-order valence-corrected chi connectivity index (χ2v) is 4.97. The molecule has 1 heterocycles. The summed E-state index contributed by atoms with van der Waals surface area (Å²) in [6.07, 6.45) is 1.48. The van der Waals surface area contributed by atoms with Crippen LogP contribution in [0.2, 0.25) is 5.02 Å². The molecule has 0 spiro atoms. The Labute approximate surface area is 126 Å². The van der Waals surface area contributed by atoms with E-state index in [1.807, 2.05) is 6.92 Å². The van der Waals surface area contributed by atoms with Crippen LogP contribution < -0.4 is 5.32 Å². The second-order valence-electron chi connectivity index (χ2n) is 4.54. The van der Waals surface area contributed by atoms with Gasteiger partial charge in [-0.15, -0.1) is 0 Å². The summed E-state index contributed by atoms with van der Waals surface area (Å²) in [5.74, 6) is -1.26. The maximum absolute atomic E-state index is 13.7. The SMILES string of the molecule is CCCc1cc(C(=O)O)cc(Nc2cc(Cl)ccc2F)n1. The van der Waals surface area contributed by atoms with E-state index in [0.717, 1.165) is 6.42 Å². The molecule has 2 aromatic rings. The van der Waals surface area contributed by atoms with Crippen LogP contribution >= 0.6 is 11.6 Å². The first-order chi connectivity index (χ1) is 9.99. The van der Waals surface area contributed by atoms with Gasteiger partial charge in [-0.1, -0.05) is 24.9 Å². The second kappa shape index (κ2) is 6.54. The minimum atomic E-state index is -1.05. The number of anilines is 2. The number of carboxylic acids is 1. The predicted octanol–water partition coefficient (Wildman–Crippen LogP) is 4.27. The maximum atomic E-state index is 13.7. The van der Waals surface area contributed by atoms with Gasteiger partial charge in [0.1, 0.15) is 11.6 Å². The van der Waals surface area contributed by atoms with Crippen molar-refractivity contribution in [3.63, 3.8) is 0 Å². The number of benzene rings is 1. The van der Waals surface area contributed by atoms with Crippen LogP contribution in [0.3, 0.4) is 0 Å². The molecule has 0 aliphatic heterocycles. The van der Waals surface area contributed by atoms with Gasteiger partial charge in [-0.25, -0.2) is 14.2 Å². The average molecular weight is 309 g/mol. The topological polar surface area (TPSA) is 62.2 Å². The lowest BCUT2D eigenvalue weighted by atomic mass is 10.1. The lowest BCUT2D eigenvalue weighted by Gasteiger charge is -2.10. The minimum absolute atomic E-state index is 0.110. The van der Waals surface area contributed by atoms with E-state index < -0.39 is 11.8 Å². The normalized spacial score (nSPS) is 10.4. The van der Waals surface area contributed by atoms with E-state index in [4.69, 9.17) is 16.7 Å². The van der Waals surface area contributed by atoms with E-state index in [1.165, 1.54) is 30.3 Å². The highest BCUT2D eigenvalue weighted by Crippen LogP contribution is 2.23. The van der Waals surface area contributed by atoms with Crippen LogP contribution in [0.25, 0.3) is 0 Å². The number of nitrogens with one attached hydrogen (secondary N) is 1. The quantitative estimate of drug-likeness (QED) is 0.866. The Hall–Kier alpha value is -2.14.